The first-order valence-electron chi connectivity index (χ1n) is 5.91. The number of fused-ring (bicyclic) bond motifs is 3. The van der Waals surface area contributed by atoms with E-state index in [4.69, 9.17) is 0 Å². The number of hydrogen-bond acceptors (Lipinski definition) is 3. The molecule has 0 fully saturated rings. The van der Waals surface area contributed by atoms with Crippen molar-refractivity contribution in [2.45, 2.75) is 25.3 Å². The van der Waals surface area contributed by atoms with Gasteiger partial charge in [0, 0.05) is 11.6 Å². The van der Waals surface area contributed by atoms with E-state index in [1.54, 1.807) is 0 Å². The first kappa shape index (κ1) is 10.4. The minimum atomic E-state index is -1.00. The maximum atomic E-state index is 11.2. The van der Waals surface area contributed by atoms with Crippen LogP contribution in [-0.4, -0.2) is 12.0 Å². The molecule has 88 valence electrons. The summed E-state index contributed by atoms with van der Waals surface area (Å²) in [7, 11) is 0. The number of carboxylic acid groups (broad SMARTS) is 1. The third kappa shape index (κ3) is 1.54. The number of carboxylic acids is 1. The van der Waals surface area contributed by atoms with Crippen molar-refractivity contribution in [2.75, 3.05) is 5.32 Å². The van der Waals surface area contributed by atoms with Crippen LogP contribution in [0.3, 0.4) is 0 Å². The third-order valence-corrected chi connectivity index (χ3v) is 3.77. The maximum Gasteiger partial charge on any atom is 0.0698 e. The summed E-state index contributed by atoms with van der Waals surface area (Å²) in [6.07, 6.45) is 5.01. The molecule has 3 heteroatoms. The van der Waals surface area contributed by atoms with Gasteiger partial charge in [-0.2, -0.15) is 0 Å². The predicted molar refractivity (Wildman–Crippen MR) is 63.6 cm³/mol. The van der Waals surface area contributed by atoms with Gasteiger partial charge < -0.3 is 15.2 Å². The lowest BCUT2D eigenvalue weighted by atomic mass is 9.79. The van der Waals surface area contributed by atoms with Gasteiger partial charge in [0.2, 0.25) is 0 Å². The molecule has 2 aliphatic rings. The van der Waals surface area contributed by atoms with Crippen LogP contribution < -0.4 is 10.4 Å². The molecule has 0 aromatic heterocycles. The molecule has 1 aromatic rings. The Morgan fingerprint density at radius 1 is 1.47 bits per heavy atom. The number of carbonyl (C=O) groups excluding carboxylic acids is 1. The van der Waals surface area contributed by atoms with Gasteiger partial charge in [0.25, 0.3) is 0 Å². The van der Waals surface area contributed by atoms with Crippen LogP contribution in [0.4, 0.5) is 5.69 Å². The van der Waals surface area contributed by atoms with Gasteiger partial charge in [-0.25, -0.2) is 0 Å². The lowest BCUT2D eigenvalue weighted by molar-refractivity contribution is -0.308. The van der Waals surface area contributed by atoms with Gasteiger partial charge in [-0.15, -0.1) is 0 Å². The number of hydrogen-bond donors (Lipinski definition) is 1. The Kier molecular flexibility index (Phi) is 2.21. The van der Waals surface area contributed by atoms with E-state index >= 15 is 0 Å². The number of allylic oxidation sites excluding steroid dienone is 2. The van der Waals surface area contributed by atoms with E-state index in [0.29, 0.717) is 0 Å². The van der Waals surface area contributed by atoms with E-state index in [1.807, 2.05) is 12.1 Å². The molecule has 3 nitrogen and oxygen atoms in total. The van der Waals surface area contributed by atoms with Crippen LogP contribution in [0.1, 0.15) is 23.5 Å². The van der Waals surface area contributed by atoms with Crippen molar-refractivity contribution < 1.29 is 9.90 Å². The minimum Gasteiger partial charge on any atom is -0.548 e. The van der Waals surface area contributed by atoms with Gasteiger partial charge in [-0.1, -0.05) is 29.8 Å². The fourth-order valence-electron chi connectivity index (χ4n) is 2.95. The van der Waals surface area contributed by atoms with E-state index in [2.05, 4.69) is 30.5 Å². The van der Waals surface area contributed by atoms with E-state index in [1.165, 1.54) is 11.1 Å². The van der Waals surface area contributed by atoms with Crippen molar-refractivity contribution in [2.24, 2.45) is 5.92 Å². The van der Waals surface area contributed by atoms with Gasteiger partial charge in [0.1, 0.15) is 0 Å². The largest absolute Gasteiger partial charge is 0.548 e. The molecule has 0 bridgehead atoms. The second-order valence-electron chi connectivity index (χ2n) is 4.89. The summed E-state index contributed by atoms with van der Waals surface area (Å²) in [5.74, 6) is -0.696. The Hall–Kier alpha value is -1.77. The highest BCUT2D eigenvalue weighted by Gasteiger charge is 2.37. The van der Waals surface area contributed by atoms with E-state index in [9.17, 15) is 9.90 Å². The molecule has 0 unspecified atom stereocenters. The Morgan fingerprint density at radius 2 is 2.29 bits per heavy atom. The average molecular weight is 228 g/mol. The zero-order chi connectivity index (χ0) is 12.0. The van der Waals surface area contributed by atoms with Crippen molar-refractivity contribution in [3.05, 3.63) is 41.5 Å². The zero-order valence-electron chi connectivity index (χ0n) is 9.64. The average Bonchev–Trinajstić information content (AvgIpc) is 2.76. The molecule has 1 aromatic carbocycles. The minimum absolute atomic E-state index is 0.0919. The monoisotopic (exact) mass is 228 g/mol. The number of nitrogens with one attached hydrogen (secondary N) is 1. The lowest BCUT2D eigenvalue weighted by Gasteiger charge is -2.37. The van der Waals surface area contributed by atoms with Crippen LogP contribution in [0, 0.1) is 12.8 Å². The van der Waals surface area contributed by atoms with Crippen LogP contribution >= 0.6 is 0 Å². The van der Waals surface area contributed by atoms with Crippen molar-refractivity contribution in [1.82, 2.24) is 0 Å². The predicted octanol–water partition coefficient (Wildman–Crippen LogP) is 1.20. The summed E-state index contributed by atoms with van der Waals surface area (Å²) in [6.45, 7) is 2.05. The molecule has 0 saturated carbocycles. The topological polar surface area (TPSA) is 52.2 Å². The Balaban J connectivity index is 2.09. The maximum absolute atomic E-state index is 11.2. The Bertz CT molecular complexity index is 507. The van der Waals surface area contributed by atoms with Crippen LogP contribution in [0.5, 0.6) is 0 Å². The van der Waals surface area contributed by atoms with E-state index in [-0.39, 0.29) is 11.8 Å². The highest BCUT2D eigenvalue weighted by Crippen LogP contribution is 2.44. The van der Waals surface area contributed by atoms with Crippen molar-refractivity contribution in [3.63, 3.8) is 0 Å². The number of rotatable bonds is 1. The fourth-order valence-corrected chi connectivity index (χ4v) is 2.95. The first-order valence-corrected chi connectivity index (χ1v) is 5.91. The molecule has 1 N–H and O–H groups in total. The quantitative estimate of drug-likeness (QED) is 0.735. The van der Waals surface area contributed by atoms with Crippen LogP contribution in [0.2, 0.25) is 0 Å². The normalized spacial score (nSPS) is 29.4. The van der Waals surface area contributed by atoms with Crippen LogP contribution in [0.15, 0.2) is 30.4 Å². The fraction of sp³-hybridized carbons (Fsp3) is 0.357. The highest BCUT2D eigenvalue weighted by molar-refractivity contribution is 5.79. The molecule has 3 atom stereocenters. The SMILES string of the molecule is Cc1ccc2c(c1)[C@@H]1C=CC[C@@H]1[C@H](C(=O)[O-])N2. The van der Waals surface area contributed by atoms with Crippen LogP contribution in [0.25, 0.3) is 0 Å². The summed E-state index contributed by atoms with van der Waals surface area (Å²) < 4.78 is 0. The van der Waals surface area contributed by atoms with Crippen LogP contribution in [-0.2, 0) is 4.79 Å². The number of carbonyl (C=O) groups is 1. The smallest absolute Gasteiger partial charge is 0.0698 e. The molecule has 3 rings (SSSR count). The highest BCUT2D eigenvalue weighted by atomic mass is 16.4. The molecule has 1 aliphatic heterocycles. The second-order valence-corrected chi connectivity index (χ2v) is 4.89. The third-order valence-electron chi connectivity index (χ3n) is 3.77. The van der Waals surface area contributed by atoms with Gasteiger partial charge >= 0.3 is 0 Å². The summed E-state index contributed by atoms with van der Waals surface area (Å²) in [4.78, 5) is 11.2. The summed E-state index contributed by atoms with van der Waals surface area (Å²) in [6, 6.07) is 5.52. The first-order chi connectivity index (χ1) is 8.16. The summed E-state index contributed by atoms with van der Waals surface area (Å²) >= 11 is 0. The van der Waals surface area contributed by atoms with Crippen molar-refractivity contribution in [1.29, 1.82) is 0 Å². The number of aryl methyl sites for hydroxylation is 1. The molecule has 17 heavy (non-hydrogen) atoms. The van der Waals surface area contributed by atoms with Gasteiger partial charge in [0.05, 0.1) is 12.0 Å². The zero-order valence-corrected chi connectivity index (χ0v) is 9.64. The molecule has 1 aliphatic carbocycles. The molecule has 1 heterocycles. The summed E-state index contributed by atoms with van der Waals surface area (Å²) in [5.41, 5.74) is 3.34. The lowest BCUT2D eigenvalue weighted by Crippen LogP contribution is -2.48. The van der Waals surface area contributed by atoms with Crippen molar-refractivity contribution in [3.8, 4) is 0 Å². The number of aliphatic carboxylic acids is 1. The molecular formula is C14H14NO2-. The van der Waals surface area contributed by atoms with E-state index < -0.39 is 12.0 Å². The van der Waals surface area contributed by atoms with Crippen molar-refractivity contribution >= 4 is 11.7 Å². The molecule has 0 amide bonds. The number of benzene rings is 1. The molecule has 0 spiro atoms. The van der Waals surface area contributed by atoms with Gasteiger partial charge in [-0.05, 0) is 30.9 Å². The van der Waals surface area contributed by atoms with E-state index in [0.717, 1.165) is 12.1 Å². The van der Waals surface area contributed by atoms with Gasteiger partial charge in [-0.3, -0.25) is 0 Å². The summed E-state index contributed by atoms with van der Waals surface area (Å²) in [5, 5.41) is 14.3. The standard InChI is InChI=1S/C14H15NO2/c1-8-5-6-12-11(7-8)9-3-2-4-10(9)13(15-12)14(16)17/h2-3,5-7,9-10,13,15H,4H2,1H3,(H,16,17)/p-1/t9-,10+,13-/m1/s1. The number of anilines is 1. The Labute approximate surface area is 100 Å². The molecular weight excluding hydrogens is 214 g/mol. The molecule has 0 saturated heterocycles. The Morgan fingerprint density at radius 3 is 3.06 bits per heavy atom. The molecule has 0 radical (unpaired) electrons. The van der Waals surface area contributed by atoms with Gasteiger partial charge in [0.15, 0.2) is 0 Å². The second kappa shape index (κ2) is 3.62.